The van der Waals surface area contributed by atoms with Gasteiger partial charge in [0.15, 0.2) is 12.4 Å². The van der Waals surface area contributed by atoms with Gasteiger partial charge in [0.25, 0.3) is 10.1 Å². The Labute approximate surface area is 385 Å². The molecular formula is C51H80O12S. The van der Waals surface area contributed by atoms with E-state index in [-0.39, 0.29) is 19.4 Å². The molecule has 0 aromatic heterocycles. The van der Waals surface area contributed by atoms with Gasteiger partial charge in [0.05, 0.1) is 6.61 Å². The van der Waals surface area contributed by atoms with Crippen molar-refractivity contribution in [3.8, 4) is 0 Å². The average molecular weight is 917 g/mol. The van der Waals surface area contributed by atoms with Crippen LogP contribution >= 0.6 is 0 Å². The summed E-state index contributed by atoms with van der Waals surface area (Å²) >= 11 is 0. The van der Waals surface area contributed by atoms with Crippen molar-refractivity contribution in [3.63, 3.8) is 0 Å². The summed E-state index contributed by atoms with van der Waals surface area (Å²) in [5.41, 5.74) is 0. The largest absolute Gasteiger partial charge is 0.462 e. The number of ether oxygens (including phenoxy) is 4. The van der Waals surface area contributed by atoms with Crippen molar-refractivity contribution < 1.29 is 56.8 Å². The Morgan fingerprint density at radius 1 is 0.547 bits per heavy atom. The molecule has 1 rings (SSSR count). The molecule has 6 atom stereocenters. The first-order valence-electron chi connectivity index (χ1n) is 23.4. The summed E-state index contributed by atoms with van der Waals surface area (Å²) in [6.07, 6.45) is 45.9. The van der Waals surface area contributed by atoms with E-state index in [1.165, 1.54) is 38.5 Å². The van der Waals surface area contributed by atoms with Crippen molar-refractivity contribution in [1.29, 1.82) is 0 Å². The van der Waals surface area contributed by atoms with E-state index in [1.807, 2.05) is 24.3 Å². The Hall–Kier alpha value is -3.69. The number of unbranched alkanes of at least 4 members (excludes halogenated alkanes) is 7. The highest BCUT2D eigenvalue weighted by molar-refractivity contribution is 7.85. The Balaban J connectivity index is 2.49. The highest BCUT2D eigenvalue weighted by Gasteiger charge is 2.46. The van der Waals surface area contributed by atoms with Crippen molar-refractivity contribution in [2.75, 3.05) is 19.0 Å². The second-order valence-corrected chi connectivity index (χ2v) is 17.2. The molecule has 0 radical (unpaired) electrons. The van der Waals surface area contributed by atoms with Crippen LogP contribution < -0.4 is 0 Å². The molecule has 0 amide bonds. The summed E-state index contributed by atoms with van der Waals surface area (Å²) in [4.78, 5) is 25.4. The van der Waals surface area contributed by atoms with Gasteiger partial charge < -0.3 is 34.3 Å². The molecular weight excluding hydrogens is 837 g/mol. The number of carbonyl (C=O) groups excluding carboxylic acids is 2. The van der Waals surface area contributed by atoms with Crippen molar-refractivity contribution in [2.45, 2.75) is 179 Å². The number of aliphatic hydroxyl groups excluding tert-OH is 3. The summed E-state index contributed by atoms with van der Waals surface area (Å²) < 4.78 is 53.9. The van der Waals surface area contributed by atoms with Crippen LogP contribution in [0, 0.1) is 0 Å². The molecule has 0 aliphatic carbocycles. The SMILES string of the molecule is CC/C=C/C/C=C/C/C=C/C/C=C/C/C=C/C/C=C/C/C=C/CCCC(=O)OCC(CO[C@H]1O[C@H](CS(=O)(=O)O)[C@@H](O)C(O)C1O)OC(=O)CC/C=C/C/C=C/CCCCCCCC. The quantitative estimate of drug-likeness (QED) is 0.0200. The lowest BCUT2D eigenvalue weighted by molar-refractivity contribution is -0.297. The maximum atomic E-state index is 12.8. The van der Waals surface area contributed by atoms with Gasteiger partial charge in [-0.15, -0.1) is 0 Å². The highest BCUT2D eigenvalue weighted by Crippen LogP contribution is 2.24. The molecule has 0 aromatic carbocycles. The Morgan fingerprint density at radius 3 is 1.53 bits per heavy atom. The monoisotopic (exact) mass is 917 g/mol. The van der Waals surface area contributed by atoms with Crippen LogP contribution in [0.25, 0.3) is 0 Å². The molecule has 4 N–H and O–H groups in total. The van der Waals surface area contributed by atoms with Gasteiger partial charge in [-0.25, -0.2) is 0 Å². The number of rotatable bonds is 37. The van der Waals surface area contributed by atoms with Gasteiger partial charge in [0.2, 0.25) is 0 Å². The van der Waals surface area contributed by atoms with E-state index in [1.54, 1.807) is 0 Å². The summed E-state index contributed by atoms with van der Waals surface area (Å²) in [7, 11) is -4.62. The Kier molecular flexibility index (Phi) is 36.1. The summed E-state index contributed by atoms with van der Waals surface area (Å²) in [6, 6.07) is 0. The summed E-state index contributed by atoms with van der Waals surface area (Å²) in [5, 5.41) is 30.9. The van der Waals surface area contributed by atoms with Crippen LogP contribution in [0.4, 0.5) is 0 Å². The van der Waals surface area contributed by atoms with E-state index in [0.717, 1.165) is 57.8 Å². The van der Waals surface area contributed by atoms with Crippen molar-refractivity contribution in [3.05, 3.63) is 109 Å². The summed E-state index contributed by atoms with van der Waals surface area (Å²) in [6.45, 7) is 3.52. The lowest BCUT2D eigenvalue weighted by atomic mass is 10.00. The predicted molar refractivity (Wildman–Crippen MR) is 256 cm³/mol. The van der Waals surface area contributed by atoms with Gasteiger partial charge in [-0.05, 0) is 83.5 Å². The summed E-state index contributed by atoms with van der Waals surface area (Å²) in [5.74, 6) is -2.16. The third kappa shape index (κ3) is 33.8. The standard InChI is InChI=1S/C51H80O12S/c1-3-5-7-9-11-13-15-17-18-19-20-21-22-23-24-25-26-28-29-31-33-35-37-39-46(52)60-41-44(42-61-51-50(56)49(55)48(54)45(63-51)43-64(57,58)59)62-47(53)40-38-36-34-32-30-27-16-14-12-10-8-6-4-2/h5,7,11,13,17-18,20-21,23-24,26-28,30-31,33-34,36,44-45,48-51,54-56H,3-4,6,8-10,12,14-16,19,22,25,29,32,35,37-43H2,1-2H3,(H,57,58,59)/b7-5+,13-11+,18-17+,21-20+,24-23+,28-26+,30-27+,33-31+,36-34+/t44?,45-,48-,49?,50?,51+/m1/s1. The van der Waals surface area contributed by atoms with Gasteiger partial charge in [-0.1, -0.05) is 155 Å². The van der Waals surface area contributed by atoms with Gasteiger partial charge in [0.1, 0.15) is 36.8 Å². The molecule has 1 aliphatic heterocycles. The van der Waals surface area contributed by atoms with E-state index >= 15 is 0 Å². The number of hydrogen-bond acceptors (Lipinski definition) is 11. The van der Waals surface area contributed by atoms with Crippen molar-refractivity contribution in [2.24, 2.45) is 0 Å². The number of carbonyl (C=O) groups is 2. The average Bonchev–Trinajstić information content (AvgIpc) is 3.26. The van der Waals surface area contributed by atoms with E-state index in [2.05, 4.69) is 98.9 Å². The number of hydrogen-bond donors (Lipinski definition) is 4. The van der Waals surface area contributed by atoms with Gasteiger partial charge >= 0.3 is 11.9 Å². The second-order valence-electron chi connectivity index (χ2n) is 15.7. The minimum absolute atomic E-state index is 0.0389. The van der Waals surface area contributed by atoms with Crippen LogP contribution in [-0.2, 0) is 38.7 Å². The zero-order chi connectivity index (χ0) is 46.9. The van der Waals surface area contributed by atoms with Crippen LogP contribution in [0.3, 0.4) is 0 Å². The zero-order valence-corrected chi connectivity index (χ0v) is 39.4. The molecule has 362 valence electrons. The second kappa shape index (κ2) is 39.7. The fourth-order valence-corrected chi connectivity index (χ4v) is 6.94. The molecule has 1 fully saturated rings. The molecule has 12 nitrogen and oxygen atoms in total. The fraction of sp³-hybridized carbons (Fsp3) is 0.608. The minimum atomic E-state index is -4.62. The van der Waals surface area contributed by atoms with E-state index in [0.29, 0.717) is 19.3 Å². The van der Waals surface area contributed by atoms with Gasteiger partial charge in [-0.2, -0.15) is 8.42 Å². The molecule has 1 saturated heterocycles. The first-order valence-corrected chi connectivity index (χ1v) is 25.1. The molecule has 0 spiro atoms. The third-order valence-electron chi connectivity index (χ3n) is 9.85. The maximum Gasteiger partial charge on any atom is 0.306 e. The zero-order valence-electron chi connectivity index (χ0n) is 38.6. The van der Waals surface area contributed by atoms with Gasteiger partial charge in [-0.3, -0.25) is 14.1 Å². The highest BCUT2D eigenvalue weighted by atomic mass is 32.2. The molecule has 3 unspecified atom stereocenters. The van der Waals surface area contributed by atoms with Crippen LogP contribution in [0.15, 0.2) is 109 Å². The fourth-order valence-electron chi connectivity index (χ4n) is 6.25. The van der Waals surface area contributed by atoms with Gasteiger partial charge in [0, 0.05) is 12.8 Å². The van der Waals surface area contributed by atoms with Crippen molar-refractivity contribution >= 4 is 22.1 Å². The van der Waals surface area contributed by atoms with Crippen LogP contribution in [0.1, 0.15) is 142 Å². The van der Waals surface area contributed by atoms with E-state index in [9.17, 15) is 37.9 Å². The first-order chi connectivity index (χ1) is 31.0. The number of aliphatic hydroxyl groups is 3. The topological polar surface area (TPSA) is 186 Å². The van der Waals surface area contributed by atoms with Crippen molar-refractivity contribution in [1.82, 2.24) is 0 Å². The molecule has 0 aromatic rings. The Bertz CT molecular complexity index is 1590. The molecule has 0 saturated carbocycles. The molecule has 1 aliphatic rings. The van der Waals surface area contributed by atoms with Crippen LogP contribution in [-0.4, -0.2) is 96.0 Å². The number of esters is 2. The van der Waals surface area contributed by atoms with E-state index in [4.69, 9.17) is 18.9 Å². The molecule has 1 heterocycles. The maximum absolute atomic E-state index is 12.8. The van der Waals surface area contributed by atoms with E-state index < -0.39 is 71.2 Å². The molecule has 0 bridgehead atoms. The lowest BCUT2D eigenvalue weighted by Gasteiger charge is -2.40. The predicted octanol–water partition coefficient (Wildman–Crippen LogP) is 10.0. The molecule has 13 heteroatoms. The Morgan fingerprint density at radius 2 is 1.02 bits per heavy atom. The smallest absolute Gasteiger partial charge is 0.306 e. The minimum Gasteiger partial charge on any atom is -0.462 e. The first kappa shape index (κ1) is 58.3. The lowest BCUT2D eigenvalue weighted by Crippen LogP contribution is -2.60. The number of allylic oxidation sites excluding steroid dienone is 18. The van der Waals surface area contributed by atoms with Crippen LogP contribution in [0.5, 0.6) is 0 Å². The van der Waals surface area contributed by atoms with Crippen LogP contribution in [0.2, 0.25) is 0 Å². The normalized spacial score (nSPS) is 20.6. The molecule has 64 heavy (non-hydrogen) atoms. The third-order valence-corrected chi connectivity index (χ3v) is 10.6.